The van der Waals surface area contributed by atoms with Crippen molar-refractivity contribution in [2.24, 2.45) is 5.41 Å². The summed E-state index contributed by atoms with van der Waals surface area (Å²) in [7, 11) is -1.33. The predicted molar refractivity (Wildman–Crippen MR) is 141 cm³/mol. The van der Waals surface area contributed by atoms with E-state index in [1.54, 1.807) is 0 Å². The van der Waals surface area contributed by atoms with Crippen LogP contribution < -0.4 is 0 Å². The lowest BCUT2D eigenvalue weighted by atomic mass is 9.92. The monoisotopic (exact) mass is 504 g/mol. The second-order valence-electron chi connectivity index (χ2n) is 9.54. The molecule has 0 heterocycles. The highest BCUT2D eigenvalue weighted by Crippen LogP contribution is 2.47. The highest BCUT2D eigenvalue weighted by atomic mass is 31.2. The van der Waals surface area contributed by atoms with Gasteiger partial charge >= 0.3 is 0 Å². The highest BCUT2D eigenvalue weighted by Gasteiger charge is 2.36. The molecule has 0 saturated carbocycles. The van der Waals surface area contributed by atoms with Crippen LogP contribution in [0.25, 0.3) is 0 Å². The van der Waals surface area contributed by atoms with Crippen molar-refractivity contribution in [2.75, 3.05) is 52.9 Å². The fraction of sp³-hybridized carbons (Fsp3) is 0.962. The van der Waals surface area contributed by atoms with Gasteiger partial charge in [-0.1, -0.05) is 40.0 Å². The molecule has 0 rings (SSSR count). The Morgan fingerprint density at radius 3 is 1.50 bits per heavy atom. The lowest BCUT2D eigenvalue weighted by Crippen LogP contribution is -2.43. The molecule has 7 nitrogen and oxygen atoms in total. The van der Waals surface area contributed by atoms with Crippen molar-refractivity contribution in [2.45, 2.75) is 105 Å². The number of hydrogen-bond donors (Lipinski definition) is 0. The Morgan fingerprint density at radius 2 is 1.15 bits per heavy atom. The second kappa shape index (κ2) is 21.9. The summed E-state index contributed by atoms with van der Waals surface area (Å²) in [6, 6.07) is 2.67. The van der Waals surface area contributed by atoms with E-state index >= 15 is 0 Å². The molecular formula is C26H53N2O5P. The van der Waals surface area contributed by atoms with Gasteiger partial charge in [-0.2, -0.15) is 5.26 Å². The van der Waals surface area contributed by atoms with Crippen LogP contribution in [0.1, 0.15) is 93.4 Å². The molecule has 0 aromatic carbocycles. The number of rotatable bonds is 24. The standard InChI is InChI=1S/C26H53N2O5P/c1-8-11-16-29-20-26(21-30-17-12-9-2,22-31-18-13-10-3)23-33-34(32-19-14-15-27)28(24(4)5)25(6)7/h24-25H,8-14,16-23H2,1-7H3. The largest absolute Gasteiger partial charge is 0.381 e. The van der Waals surface area contributed by atoms with Crippen LogP contribution in [0.2, 0.25) is 0 Å². The average molecular weight is 505 g/mol. The van der Waals surface area contributed by atoms with Gasteiger partial charge in [0.1, 0.15) is 0 Å². The first-order chi connectivity index (χ1) is 16.4. The highest BCUT2D eigenvalue weighted by molar-refractivity contribution is 7.44. The summed E-state index contributed by atoms with van der Waals surface area (Å²) in [5.74, 6) is 0. The molecule has 0 spiro atoms. The number of unbranched alkanes of at least 4 members (excludes halogenated alkanes) is 3. The molecule has 0 amide bonds. The topological polar surface area (TPSA) is 73.2 Å². The van der Waals surface area contributed by atoms with Crippen molar-refractivity contribution >= 4 is 8.53 Å². The molecule has 0 bridgehead atoms. The Labute approximate surface area is 211 Å². The molecule has 202 valence electrons. The smallest absolute Gasteiger partial charge is 0.259 e. The zero-order valence-electron chi connectivity index (χ0n) is 23.1. The summed E-state index contributed by atoms with van der Waals surface area (Å²) in [6.07, 6.45) is 6.73. The summed E-state index contributed by atoms with van der Waals surface area (Å²) in [4.78, 5) is 0. The molecular weight excluding hydrogens is 451 g/mol. The zero-order chi connectivity index (χ0) is 25.7. The van der Waals surface area contributed by atoms with Crippen molar-refractivity contribution in [3.63, 3.8) is 0 Å². The van der Waals surface area contributed by atoms with Crippen molar-refractivity contribution in [3.05, 3.63) is 0 Å². The van der Waals surface area contributed by atoms with Crippen LogP contribution >= 0.6 is 8.53 Å². The van der Waals surface area contributed by atoms with Gasteiger partial charge < -0.3 is 23.3 Å². The van der Waals surface area contributed by atoms with Crippen LogP contribution in [-0.2, 0) is 23.3 Å². The third-order valence-electron chi connectivity index (χ3n) is 5.29. The molecule has 0 radical (unpaired) electrons. The molecule has 0 fully saturated rings. The zero-order valence-corrected chi connectivity index (χ0v) is 24.0. The number of hydrogen-bond acceptors (Lipinski definition) is 7. The first-order valence-electron chi connectivity index (χ1n) is 13.3. The van der Waals surface area contributed by atoms with Crippen LogP contribution in [-0.4, -0.2) is 69.6 Å². The fourth-order valence-corrected chi connectivity index (χ4v) is 5.09. The normalized spacial score (nSPS) is 13.2. The van der Waals surface area contributed by atoms with E-state index in [2.05, 4.69) is 59.2 Å². The van der Waals surface area contributed by atoms with Gasteiger partial charge in [-0.15, -0.1) is 0 Å². The van der Waals surface area contributed by atoms with E-state index in [1.807, 2.05) is 0 Å². The molecule has 34 heavy (non-hydrogen) atoms. The van der Waals surface area contributed by atoms with Gasteiger partial charge in [0.15, 0.2) is 0 Å². The summed E-state index contributed by atoms with van der Waals surface area (Å²) >= 11 is 0. The van der Waals surface area contributed by atoms with Crippen LogP contribution in [0.5, 0.6) is 0 Å². The predicted octanol–water partition coefficient (Wildman–Crippen LogP) is 6.72. The average Bonchev–Trinajstić information content (AvgIpc) is 2.80. The minimum absolute atomic E-state index is 0.255. The number of nitriles is 1. The van der Waals surface area contributed by atoms with Gasteiger partial charge in [0.2, 0.25) is 0 Å². The Balaban J connectivity index is 5.58. The van der Waals surface area contributed by atoms with Gasteiger partial charge in [0.05, 0.1) is 50.9 Å². The van der Waals surface area contributed by atoms with Crippen LogP contribution in [0.4, 0.5) is 0 Å². The summed E-state index contributed by atoms with van der Waals surface area (Å²) in [5, 5.41) is 8.99. The SMILES string of the molecule is CCCCOCC(COCCCC)(COCCCC)COP(OCCC#N)N(C(C)C)C(C)C. The van der Waals surface area contributed by atoms with Crippen molar-refractivity contribution in [3.8, 4) is 6.07 Å². The van der Waals surface area contributed by atoms with Crippen LogP contribution in [0.3, 0.4) is 0 Å². The van der Waals surface area contributed by atoms with Gasteiger partial charge in [-0.25, -0.2) is 4.67 Å². The first-order valence-corrected chi connectivity index (χ1v) is 14.4. The molecule has 0 aliphatic heterocycles. The molecule has 1 unspecified atom stereocenters. The van der Waals surface area contributed by atoms with Gasteiger partial charge in [-0.05, 0) is 47.0 Å². The van der Waals surface area contributed by atoms with Gasteiger partial charge in [0.25, 0.3) is 8.53 Å². The maximum Gasteiger partial charge on any atom is 0.259 e. The lowest BCUT2D eigenvalue weighted by Gasteiger charge is -2.39. The third-order valence-corrected chi connectivity index (χ3v) is 7.35. The van der Waals surface area contributed by atoms with E-state index in [-0.39, 0.29) is 12.1 Å². The van der Waals surface area contributed by atoms with E-state index in [4.69, 9.17) is 28.5 Å². The van der Waals surface area contributed by atoms with Crippen LogP contribution in [0, 0.1) is 16.7 Å². The van der Waals surface area contributed by atoms with Gasteiger partial charge in [0, 0.05) is 31.9 Å². The molecule has 0 saturated heterocycles. The molecule has 0 N–H and O–H groups in total. The van der Waals surface area contributed by atoms with E-state index in [9.17, 15) is 0 Å². The molecule has 0 aromatic heterocycles. The van der Waals surface area contributed by atoms with E-state index in [0.29, 0.717) is 39.5 Å². The minimum Gasteiger partial charge on any atom is -0.381 e. The third kappa shape index (κ3) is 15.6. The minimum atomic E-state index is -1.33. The second-order valence-corrected chi connectivity index (χ2v) is 11.0. The van der Waals surface area contributed by atoms with Crippen molar-refractivity contribution in [1.82, 2.24) is 4.67 Å². The summed E-state index contributed by atoms with van der Waals surface area (Å²) < 4.78 is 33.2. The fourth-order valence-electron chi connectivity index (χ4n) is 3.36. The summed E-state index contributed by atoms with van der Waals surface area (Å²) in [6.45, 7) is 19.6. The van der Waals surface area contributed by atoms with Crippen LogP contribution in [0.15, 0.2) is 0 Å². The maximum absolute atomic E-state index is 8.99. The Kier molecular flexibility index (Phi) is 21.7. The van der Waals surface area contributed by atoms with E-state index < -0.39 is 13.9 Å². The van der Waals surface area contributed by atoms with E-state index in [1.165, 1.54) is 0 Å². The maximum atomic E-state index is 8.99. The Morgan fingerprint density at radius 1 is 0.706 bits per heavy atom. The van der Waals surface area contributed by atoms with Gasteiger partial charge in [-0.3, -0.25) is 0 Å². The quantitative estimate of drug-likeness (QED) is 0.107. The summed E-state index contributed by atoms with van der Waals surface area (Å²) in [5.41, 5.74) is -0.409. The lowest BCUT2D eigenvalue weighted by molar-refractivity contribution is -0.0905. The number of nitrogens with zero attached hydrogens (tertiary/aromatic N) is 2. The first kappa shape index (κ1) is 33.7. The number of ether oxygens (including phenoxy) is 3. The molecule has 0 aliphatic carbocycles. The van der Waals surface area contributed by atoms with Crippen molar-refractivity contribution < 1.29 is 23.3 Å². The Bertz CT molecular complexity index is 463. The molecule has 0 aliphatic rings. The van der Waals surface area contributed by atoms with Crippen molar-refractivity contribution in [1.29, 1.82) is 5.26 Å². The van der Waals surface area contributed by atoms with E-state index in [0.717, 1.165) is 58.3 Å². The molecule has 8 heteroatoms. The molecule has 1 atom stereocenters. The molecule has 0 aromatic rings. The Hall–Kier alpha value is -0.320.